The average Bonchev–Trinajstić information content (AvgIpc) is 3.78. The van der Waals surface area contributed by atoms with Gasteiger partial charge in [-0.1, -0.05) is 29.8 Å². The number of nitrogens with zero attached hydrogens (tertiary/aromatic N) is 3. The van der Waals surface area contributed by atoms with Crippen molar-refractivity contribution in [3.8, 4) is 22.8 Å². The Labute approximate surface area is 237 Å². The summed E-state index contributed by atoms with van der Waals surface area (Å²) in [7, 11) is 3.07. The predicted octanol–water partition coefficient (Wildman–Crippen LogP) is 4.50. The van der Waals surface area contributed by atoms with E-state index in [0.717, 1.165) is 18.4 Å². The summed E-state index contributed by atoms with van der Waals surface area (Å²) in [5.74, 6) is 2.50. The van der Waals surface area contributed by atoms with Crippen LogP contribution in [0.3, 0.4) is 0 Å². The predicted molar refractivity (Wildman–Crippen MR) is 153 cm³/mol. The third kappa shape index (κ3) is 6.15. The molecule has 208 valence electrons. The first-order chi connectivity index (χ1) is 18.9. The maximum Gasteiger partial charge on any atom is 0.223 e. The van der Waals surface area contributed by atoms with Crippen molar-refractivity contribution in [2.75, 3.05) is 44.6 Å². The summed E-state index contributed by atoms with van der Waals surface area (Å²) in [6.07, 6.45) is 5.47. The Bertz CT molecular complexity index is 1330. The van der Waals surface area contributed by atoms with Crippen LogP contribution in [-0.4, -0.2) is 72.3 Å². The third-order valence-electron chi connectivity index (χ3n) is 6.93. The lowest BCUT2D eigenvalue weighted by Crippen LogP contribution is -2.53. The van der Waals surface area contributed by atoms with Crippen molar-refractivity contribution < 1.29 is 19.3 Å². The normalized spacial score (nSPS) is 19.9. The van der Waals surface area contributed by atoms with E-state index in [4.69, 9.17) is 47.4 Å². The topological polar surface area (TPSA) is 123 Å². The van der Waals surface area contributed by atoms with E-state index in [0.29, 0.717) is 69.2 Å². The maximum absolute atomic E-state index is 10.0. The van der Waals surface area contributed by atoms with Crippen molar-refractivity contribution >= 4 is 45.9 Å². The van der Waals surface area contributed by atoms with Gasteiger partial charge in [0.15, 0.2) is 5.82 Å². The van der Waals surface area contributed by atoms with E-state index < -0.39 is 6.23 Å². The molecule has 4 N–H and O–H groups in total. The van der Waals surface area contributed by atoms with Crippen LogP contribution < -0.4 is 25.4 Å². The van der Waals surface area contributed by atoms with Gasteiger partial charge in [0.1, 0.15) is 23.2 Å². The molecular formula is C27H32Cl2N6O4. The summed E-state index contributed by atoms with van der Waals surface area (Å²) in [6, 6.07) is 3.30. The van der Waals surface area contributed by atoms with Gasteiger partial charge in [0.25, 0.3) is 0 Å². The second kappa shape index (κ2) is 12.1. The molecule has 0 bridgehead atoms. The largest absolute Gasteiger partial charge is 0.495 e. The van der Waals surface area contributed by atoms with Gasteiger partial charge >= 0.3 is 0 Å². The maximum atomic E-state index is 10.0. The molecule has 2 aliphatic rings. The lowest BCUT2D eigenvalue weighted by atomic mass is 10.0. The molecule has 39 heavy (non-hydrogen) atoms. The highest BCUT2D eigenvalue weighted by Crippen LogP contribution is 2.46. The van der Waals surface area contributed by atoms with Crippen LogP contribution in [0.2, 0.25) is 10.0 Å². The van der Waals surface area contributed by atoms with E-state index in [1.54, 1.807) is 12.3 Å². The minimum absolute atomic E-state index is 0.0497. The Balaban J connectivity index is 1.53. The number of methoxy groups -OCH3 is 2. The monoisotopic (exact) mass is 574 g/mol. The van der Waals surface area contributed by atoms with Crippen molar-refractivity contribution in [2.24, 2.45) is 5.92 Å². The number of halogens is 2. The summed E-state index contributed by atoms with van der Waals surface area (Å²) in [5.41, 5.74) is 1.70. The number of aliphatic hydroxyl groups excluding tert-OH is 1. The number of fused-ring (bicyclic) bond motifs is 1. The Morgan fingerprint density at radius 2 is 1.87 bits per heavy atom. The minimum Gasteiger partial charge on any atom is -0.495 e. The van der Waals surface area contributed by atoms with Crippen LogP contribution in [0.1, 0.15) is 19.3 Å². The Morgan fingerprint density at radius 1 is 1.13 bits per heavy atom. The van der Waals surface area contributed by atoms with Gasteiger partial charge in [0.2, 0.25) is 5.95 Å². The molecule has 1 aromatic carbocycles. The Kier molecular flexibility index (Phi) is 8.58. The van der Waals surface area contributed by atoms with Crippen LogP contribution in [0.15, 0.2) is 31.0 Å². The zero-order valence-electron chi connectivity index (χ0n) is 21.8. The highest BCUT2D eigenvalue weighted by atomic mass is 35.5. The molecule has 1 saturated heterocycles. The zero-order valence-corrected chi connectivity index (χ0v) is 23.3. The number of pyridine rings is 1. The van der Waals surface area contributed by atoms with Crippen LogP contribution in [0.4, 0.5) is 11.8 Å². The smallest absolute Gasteiger partial charge is 0.223 e. The van der Waals surface area contributed by atoms with Gasteiger partial charge in [0.05, 0.1) is 42.6 Å². The fourth-order valence-corrected chi connectivity index (χ4v) is 5.26. The highest BCUT2D eigenvalue weighted by Gasteiger charge is 2.28. The first-order valence-electron chi connectivity index (χ1n) is 12.8. The van der Waals surface area contributed by atoms with E-state index >= 15 is 0 Å². The number of aliphatic hydroxyl groups is 1. The van der Waals surface area contributed by atoms with Crippen LogP contribution >= 0.6 is 23.2 Å². The molecule has 5 rings (SSSR count). The van der Waals surface area contributed by atoms with Gasteiger partial charge in [0, 0.05) is 42.4 Å². The molecule has 3 aromatic rings. The Hall–Kier alpha value is -2.89. The lowest BCUT2D eigenvalue weighted by molar-refractivity contribution is 0.0507. The summed E-state index contributed by atoms with van der Waals surface area (Å²) >= 11 is 13.4. The van der Waals surface area contributed by atoms with Crippen molar-refractivity contribution in [2.45, 2.75) is 37.6 Å². The highest BCUT2D eigenvalue weighted by molar-refractivity contribution is 6.41. The van der Waals surface area contributed by atoms with Gasteiger partial charge in [-0.25, -0.2) is 15.0 Å². The van der Waals surface area contributed by atoms with E-state index in [1.165, 1.54) is 33.1 Å². The summed E-state index contributed by atoms with van der Waals surface area (Å²) in [5, 5.41) is 21.4. The van der Waals surface area contributed by atoms with Crippen molar-refractivity contribution in [3.05, 3.63) is 41.0 Å². The molecule has 3 atom stereocenters. The number of aromatic nitrogens is 3. The molecule has 1 aliphatic carbocycles. The first-order valence-corrected chi connectivity index (χ1v) is 13.6. The number of rotatable bonds is 11. The number of hydrogen-bond donors (Lipinski definition) is 4. The standard InChI is InChI=1S/C27H32Cl2N6O4/c1-4-21(36)32-16-7-8-39-13-18(16)34-27-31-12-15-9-17(33-26(25(15)35-27)30-11-14-5-6-14)22-23(28)19(37-2)10-20(38-3)24(22)29/h4,9-10,12,14,16,18,21,32,36H,1,5-8,11,13H2,2-3H3,(H,30,33)(H,31,34,35)/t16-,18+,21?/m0/s1. The number of ether oxygens (including phenoxy) is 3. The molecule has 12 heteroatoms. The van der Waals surface area contributed by atoms with Gasteiger partial charge in [-0.05, 0) is 37.3 Å². The van der Waals surface area contributed by atoms with E-state index in [-0.39, 0.29) is 12.1 Å². The van der Waals surface area contributed by atoms with Crippen molar-refractivity contribution in [1.29, 1.82) is 0 Å². The third-order valence-corrected chi connectivity index (χ3v) is 7.68. The summed E-state index contributed by atoms with van der Waals surface area (Å²) < 4.78 is 16.6. The molecule has 2 aromatic heterocycles. The molecular weight excluding hydrogens is 543 g/mol. The van der Waals surface area contributed by atoms with Crippen LogP contribution in [0.5, 0.6) is 11.5 Å². The SMILES string of the molecule is C=CC(O)N[C@H]1CCOC[C@H]1Nc1ncc2cc(-c3c(Cl)c(OC)cc(OC)c3Cl)nc(NCC3CC3)c2n1. The molecule has 0 spiro atoms. The quantitative estimate of drug-likeness (QED) is 0.192. The fraction of sp³-hybridized carbons (Fsp3) is 0.444. The molecule has 2 fully saturated rings. The molecule has 3 heterocycles. The Morgan fingerprint density at radius 3 is 2.54 bits per heavy atom. The fourth-order valence-electron chi connectivity index (χ4n) is 4.57. The summed E-state index contributed by atoms with van der Waals surface area (Å²) in [4.78, 5) is 14.3. The van der Waals surface area contributed by atoms with Crippen LogP contribution in [0.25, 0.3) is 22.2 Å². The average molecular weight is 575 g/mol. The number of hydrogen-bond acceptors (Lipinski definition) is 10. The minimum atomic E-state index is -0.815. The molecule has 0 amide bonds. The molecule has 1 aliphatic heterocycles. The van der Waals surface area contributed by atoms with Gasteiger partial charge in [-0.2, -0.15) is 0 Å². The molecule has 0 radical (unpaired) electrons. The lowest BCUT2D eigenvalue weighted by Gasteiger charge is -2.33. The van der Waals surface area contributed by atoms with Crippen molar-refractivity contribution in [3.63, 3.8) is 0 Å². The van der Waals surface area contributed by atoms with E-state index in [1.807, 2.05) is 6.07 Å². The second-order valence-electron chi connectivity index (χ2n) is 9.66. The molecule has 1 saturated carbocycles. The number of benzene rings is 1. The van der Waals surface area contributed by atoms with E-state index in [9.17, 15) is 5.11 Å². The summed E-state index contributed by atoms with van der Waals surface area (Å²) in [6.45, 7) is 5.46. The van der Waals surface area contributed by atoms with Gasteiger partial charge in [-0.15, -0.1) is 0 Å². The second-order valence-corrected chi connectivity index (χ2v) is 10.4. The molecule has 10 nitrogen and oxygen atoms in total. The molecule has 1 unspecified atom stereocenters. The van der Waals surface area contributed by atoms with E-state index in [2.05, 4.69) is 27.5 Å². The van der Waals surface area contributed by atoms with Gasteiger partial charge in [-0.3, -0.25) is 5.32 Å². The van der Waals surface area contributed by atoms with Crippen molar-refractivity contribution in [1.82, 2.24) is 20.3 Å². The number of nitrogens with one attached hydrogen (secondary N) is 3. The van der Waals surface area contributed by atoms with Crippen LogP contribution in [0, 0.1) is 5.92 Å². The first kappa shape index (κ1) is 27.7. The number of anilines is 2. The zero-order chi connectivity index (χ0) is 27.5. The van der Waals surface area contributed by atoms with Gasteiger partial charge < -0.3 is 30.0 Å². The van der Waals surface area contributed by atoms with Crippen LogP contribution in [-0.2, 0) is 4.74 Å².